The van der Waals surface area contributed by atoms with Crippen LogP contribution in [0, 0.1) is 5.92 Å². The van der Waals surface area contributed by atoms with Crippen LogP contribution in [-0.4, -0.2) is 23.5 Å². The van der Waals surface area contributed by atoms with E-state index in [0.717, 1.165) is 55.4 Å². The zero-order valence-corrected chi connectivity index (χ0v) is 22.1. The maximum atomic E-state index is 13.1. The molecule has 2 rings (SSSR count). The molecule has 1 heterocycles. The minimum atomic E-state index is -0.699. The number of ether oxygens (including phenoxy) is 2. The van der Waals surface area contributed by atoms with E-state index < -0.39 is 17.6 Å². The highest BCUT2D eigenvalue weighted by Crippen LogP contribution is 2.40. The van der Waals surface area contributed by atoms with Crippen molar-refractivity contribution >= 4 is 18.0 Å². The van der Waals surface area contributed by atoms with Gasteiger partial charge in [-0.25, -0.2) is 4.79 Å². The predicted octanol–water partition coefficient (Wildman–Crippen LogP) is 6.79. The molecular formula is C29H43NO4. The Morgan fingerprint density at radius 3 is 2.53 bits per heavy atom. The van der Waals surface area contributed by atoms with Crippen LogP contribution in [0.5, 0.6) is 11.5 Å². The minimum absolute atomic E-state index is 0.0864. The van der Waals surface area contributed by atoms with Gasteiger partial charge in [-0.05, 0) is 82.2 Å². The summed E-state index contributed by atoms with van der Waals surface area (Å²) < 4.78 is 12.4. The Labute approximate surface area is 206 Å². The van der Waals surface area contributed by atoms with Gasteiger partial charge in [0.25, 0.3) is 0 Å². The standard InChI is InChI=1S/C29H43NO4/c1-8-10-11-14-22-18-24(33-28(32)27(21(5)6)30-26(31)9-2)23-15-17-29(7,34-25(23)19-22)16-12-13-20(3)4/h13,15,17-19,21,27H,8-12,14,16H2,1-7H3,(H,30,31). The molecule has 34 heavy (non-hydrogen) atoms. The Kier molecular flexibility index (Phi) is 10.4. The number of amides is 1. The molecule has 1 N–H and O–H groups in total. The molecule has 1 aliphatic heterocycles. The lowest BCUT2D eigenvalue weighted by Crippen LogP contribution is -2.46. The molecule has 188 valence electrons. The van der Waals surface area contributed by atoms with E-state index in [1.807, 2.05) is 26.0 Å². The molecule has 0 fully saturated rings. The molecule has 0 spiro atoms. The second kappa shape index (κ2) is 12.8. The average molecular weight is 470 g/mol. The van der Waals surface area contributed by atoms with Crippen molar-refractivity contribution in [2.24, 2.45) is 5.92 Å². The molecule has 0 saturated carbocycles. The van der Waals surface area contributed by atoms with Gasteiger partial charge in [0.05, 0.1) is 5.56 Å². The molecule has 1 aromatic rings. The fourth-order valence-electron chi connectivity index (χ4n) is 3.98. The Balaban J connectivity index is 2.34. The lowest BCUT2D eigenvalue weighted by atomic mass is 9.93. The number of benzene rings is 1. The number of aryl methyl sites for hydroxylation is 1. The van der Waals surface area contributed by atoms with Crippen LogP contribution in [0.15, 0.2) is 29.9 Å². The van der Waals surface area contributed by atoms with Gasteiger partial charge in [-0.15, -0.1) is 0 Å². The zero-order valence-electron chi connectivity index (χ0n) is 22.1. The first-order valence-corrected chi connectivity index (χ1v) is 12.8. The maximum absolute atomic E-state index is 13.1. The van der Waals surface area contributed by atoms with Crippen LogP contribution in [-0.2, 0) is 16.0 Å². The molecule has 1 amide bonds. The predicted molar refractivity (Wildman–Crippen MR) is 139 cm³/mol. The van der Waals surface area contributed by atoms with E-state index in [0.29, 0.717) is 12.2 Å². The lowest BCUT2D eigenvalue weighted by molar-refractivity contribution is -0.140. The maximum Gasteiger partial charge on any atom is 0.334 e. The van der Waals surface area contributed by atoms with E-state index in [1.54, 1.807) is 6.92 Å². The number of esters is 1. The fraction of sp³-hybridized carbons (Fsp3) is 0.586. The van der Waals surface area contributed by atoms with Crippen LogP contribution in [0.4, 0.5) is 0 Å². The number of fused-ring (bicyclic) bond motifs is 1. The first kappa shape index (κ1) is 27.7. The smallest absolute Gasteiger partial charge is 0.334 e. The Morgan fingerprint density at radius 2 is 1.91 bits per heavy atom. The van der Waals surface area contributed by atoms with Gasteiger partial charge in [0.2, 0.25) is 5.91 Å². The van der Waals surface area contributed by atoms with Crippen molar-refractivity contribution in [3.05, 3.63) is 41.0 Å². The number of carbonyl (C=O) groups is 2. The number of nitrogens with one attached hydrogen (secondary N) is 1. The molecule has 5 heteroatoms. The quantitative estimate of drug-likeness (QED) is 0.158. The number of unbranched alkanes of at least 4 members (excludes halogenated alkanes) is 2. The van der Waals surface area contributed by atoms with E-state index >= 15 is 0 Å². The largest absolute Gasteiger partial charge is 0.483 e. The van der Waals surface area contributed by atoms with Crippen molar-refractivity contribution in [1.29, 1.82) is 0 Å². The van der Waals surface area contributed by atoms with Crippen LogP contribution in [0.1, 0.15) is 98.1 Å². The molecule has 0 saturated heterocycles. The highest BCUT2D eigenvalue weighted by atomic mass is 16.5. The van der Waals surface area contributed by atoms with Crippen molar-refractivity contribution in [2.75, 3.05) is 0 Å². The summed E-state index contributed by atoms with van der Waals surface area (Å²) in [7, 11) is 0. The van der Waals surface area contributed by atoms with E-state index in [1.165, 1.54) is 5.57 Å². The van der Waals surface area contributed by atoms with Gasteiger partial charge in [0.1, 0.15) is 23.1 Å². The number of carbonyl (C=O) groups excluding carboxylic acids is 2. The van der Waals surface area contributed by atoms with Gasteiger partial charge in [0, 0.05) is 6.42 Å². The molecule has 0 bridgehead atoms. The van der Waals surface area contributed by atoms with Gasteiger partial charge in [-0.3, -0.25) is 4.79 Å². The van der Waals surface area contributed by atoms with Crippen LogP contribution in [0.3, 0.4) is 0 Å². The number of rotatable bonds is 12. The molecule has 2 atom stereocenters. The van der Waals surface area contributed by atoms with Crippen molar-refractivity contribution in [3.63, 3.8) is 0 Å². The van der Waals surface area contributed by atoms with Crippen LogP contribution in [0.2, 0.25) is 0 Å². The van der Waals surface area contributed by atoms with Gasteiger partial charge in [0.15, 0.2) is 0 Å². The third-order valence-corrected chi connectivity index (χ3v) is 6.14. The third-order valence-electron chi connectivity index (χ3n) is 6.14. The van der Waals surface area contributed by atoms with E-state index in [4.69, 9.17) is 9.47 Å². The van der Waals surface area contributed by atoms with E-state index in [9.17, 15) is 9.59 Å². The van der Waals surface area contributed by atoms with Crippen LogP contribution < -0.4 is 14.8 Å². The summed E-state index contributed by atoms with van der Waals surface area (Å²) in [6.45, 7) is 14.1. The van der Waals surface area contributed by atoms with Crippen LogP contribution >= 0.6 is 0 Å². The molecule has 1 aliphatic rings. The second-order valence-electron chi connectivity index (χ2n) is 10.1. The SMILES string of the molecule is CCCCCc1cc(OC(=O)C(NC(=O)CC)C(C)C)c2c(c1)OC(C)(CCC=C(C)C)C=C2. The Hall–Kier alpha value is -2.56. The average Bonchev–Trinajstić information content (AvgIpc) is 2.76. The summed E-state index contributed by atoms with van der Waals surface area (Å²) in [5.41, 5.74) is 2.75. The highest BCUT2D eigenvalue weighted by Gasteiger charge is 2.31. The molecular weight excluding hydrogens is 426 g/mol. The summed E-state index contributed by atoms with van der Waals surface area (Å²) in [6, 6.07) is 3.34. The molecule has 0 aromatic heterocycles. The second-order valence-corrected chi connectivity index (χ2v) is 10.1. The van der Waals surface area contributed by atoms with E-state index in [2.05, 4.69) is 51.2 Å². The topological polar surface area (TPSA) is 64.6 Å². The number of hydrogen-bond acceptors (Lipinski definition) is 4. The fourth-order valence-corrected chi connectivity index (χ4v) is 3.98. The molecule has 1 aromatic carbocycles. The van der Waals surface area contributed by atoms with Crippen molar-refractivity contribution in [2.45, 2.75) is 105 Å². The van der Waals surface area contributed by atoms with Gasteiger partial charge in [-0.1, -0.05) is 52.2 Å². The van der Waals surface area contributed by atoms with Crippen molar-refractivity contribution in [3.8, 4) is 11.5 Å². The first-order valence-electron chi connectivity index (χ1n) is 12.8. The molecule has 0 radical (unpaired) electrons. The highest BCUT2D eigenvalue weighted by molar-refractivity contribution is 5.86. The van der Waals surface area contributed by atoms with Crippen LogP contribution in [0.25, 0.3) is 6.08 Å². The number of allylic oxidation sites excluding steroid dienone is 2. The summed E-state index contributed by atoms with van der Waals surface area (Å²) in [5, 5.41) is 2.80. The Morgan fingerprint density at radius 1 is 1.18 bits per heavy atom. The molecule has 2 unspecified atom stereocenters. The van der Waals surface area contributed by atoms with Gasteiger partial charge < -0.3 is 14.8 Å². The lowest BCUT2D eigenvalue weighted by Gasteiger charge is -2.32. The number of hydrogen-bond donors (Lipinski definition) is 1. The summed E-state index contributed by atoms with van der Waals surface area (Å²) in [5.74, 6) is 0.541. The van der Waals surface area contributed by atoms with Crippen molar-refractivity contribution < 1.29 is 19.1 Å². The normalized spacial score (nSPS) is 17.5. The Bertz CT molecular complexity index is 911. The van der Waals surface area contributed by atoms with Crippen molar-refractivity contribution in [1.82, 2.24) is 5.32 Å². The summed E-state index contributed by atoms with van der Waals surface area (Å²) >= 11 is 0. The van der Waals surface area contributed by atoms with Gasteiger partial charge in [-0.2, -0.15) is 0 Å². The third kappa shape index (κ3) is 8.03. The first-order chi connectivity index (χ1) is 16.1. The van der Waals surface area contributed by atoms with Gasteiger partial charge >= 0.3 is 5.97 Å². The molecule has 5 nitrogen and oxygen atoms in total. The minimum Gasteiger partial charge on any atom is -0.483 e. The summed E-state index contributed by atoms with van der Waals surface area (Å²) in [6.07, 6.45) is 12.7. The monoisotopic (exact) mass is 469 g/mol. The van der Waals surface area contributed by atoms with E-state index in [-0.39, 0.29) is 11.8 Å². The molecule has 0 aliphatic carbocycles. The summed E-state index contributed by atoms with van der Waals surface area (Å²) in [4.78, 5) is 25.0. The zero-order chi connectivity index (χ0) is 25.3.